The Labute approximate surface area is 116 Å². The zero-order valence-corrected chi connectivity index (χ0v) is 11.9. The lowest BCUT2D eigenvalue weighted by Crippen LogP contribution is -2.38. The summed E-state index contributed by atoms with van der Waals surface area (Å²) >= 11 is 0. The smallest absolute Gasteiger partial charge is 0.188 e. The topological polar surface area (TPSA) is 73.9 Å². The van der Waals surface area contributed by atoms with Gasteiger partial charge in [-0.05, 0) is 44.6 Å². The molecule has 0 aromatic carbocycles. The van der Waals surface area contributed by atoms with Gasteiger partial charge < -0.3 is 21.1 Å². The zero-order chi connectivity index (χ0) is 13.5. The molecule has 19 heavy (non-hydrogen) atoms. The van der Waals surface area contributed by atoms with E-state index < -0.39 is 0 Å². The number of piperidine rings is 1. The Morgan fingerprint density at radius 2 is 2.00 bits per heavy atom. The van der Waals surface area contributed by atoms with Crippen LogP contribution in [0.5, 0.6) is 0 Å². The fourth-order valence-corrected chi connectivity index (χ4v) is 2.62. The number of aliphatic hydroxyl groups excluding tert-OH is 1. The molecule has 0 amide bonds. The van der Waals surface area contributed by atoms with Crippen LogP contribution in [0.1, 0.15) is 38.5 Å². The molecule has 0 aromatic heterocycles. The van der Waals surface area contributed by atoms with Crippen LogP contribution in [0.15, 0.2) is 4.99 Å². The highest BCUT2D eigenvalue weighted by molar-refractivity contribution is 5.77. The van der Waals surface area contributed by atoms with Crippen molar-refractivity contribution in [3.05, 3.63) is 0 Å². The first-order valence-electron chi connectivity index (χ1n) is 7.68. The van der Waals surface area contributed by atoms with Crippen molar-refractivity contribution in [2.45, 2.75) is 44.6 Å². The molecular weight excluding hydrogens is 240 g/mol. The van der Waals surface area contributed by atoms with Crippen LogP contribution in [0.25, 0.3) is 0 Å². The number of aliphatic imine (C=N–C) groups is 1. The van der Waals surface area contributed by atoms with Gasteiger partial charge in [-0.15, -0.1) is 0 Å². The van der Waals surface area contributed by atoms with Crippen LogP contribution in [0, 0.1) is 5.92 Å². The fourth-order valence-electron chi connectivity index (χ4n) is 2.62. The van der Waals surface area contributed by atoms with Crippen molar-refractivity contribution in [3.63, 3.8) is 0 Å². The molecule has 1 saturated heterocycles. The predicted molar refractivity (Wildman–Crippen MR) is 78.1 cm³/mol. The normalized spacial score (nSPS) is 23.3. The lowest BCUT2D eigenvalue weighted by Gasteiger charge is -2.29. The molecule has 2 fully saturated rings. The molecule has 2 aliphatic rings. The zero-order valence-electron chi connectivity index (χ0n) is 11.9. The van der Waals surface area contributed by atoms with Crippen molar-refractivity contribution in [3.8, 4) is 0 Å². The highest BCUT2D eigenvalue weighted by atomic mass is 16.3. The number of nitrogens with zero attached hydrogens (tertiary/aromatic N) is 2. The van der Waals surface area contributed by atoms with E-state index in [0.29, 0.717) is 5.96 Å². The van der Waals surface area contributed by atoms with Crippen LogP contribution in [0.2, 0.25) is 0 Å². The minimum Gasteiger partial charge on any atom is -0.393 e. The van der Waals surface area contributed by atoms with E-state index in [1.54, 1.807) is 0 Å². The molecule has 4 N–H and O–H groups in total. The van der Waals surface area contributed by atoms with E-state index >= 15 is 0 Å². The molecule has 0 atom stereocenters. The van der Waals surface area contributed by atoms with Gasteiger partial charge >= 0.3 is 0 Å². The predicted octanol–water partition coefficient (Wildman–Crippen LogP) is 0.538. The minimum atomic E-state index is -0.0799. The van der Waals surface area contributed by atoms with Crippen LogP contribution in [-0.4, -0.2) is 54.8 Å². The van der Waals surface area contributed by atoms with Crippen molar-refractivity contribution >= 4 is 5.96 Å². The maximum atomic E-state index is 9.43. The summed E-state index contributed by atoms with van der Waals surface area (Å²) in [6.45, 7) is 4.90. The highest BCUT2D eigenvalue weighted by Gasteiger charge is 2.17. The van der Waals surface area contributed by atoms with Crippen molar-refractivity contribution in [2.24, 2.45) is 16.6 Å². The van der Waals surface area contributed by atoms with Gasteiger partial charge in [0.25, 0.3) is 0 Å². The summed E-state index contributed by atoms with van der Waals surface area (Å²) in [5.74, 6) is 1.38. The summed E-state index contributed by atoms with van der Waals surface area (Å²) in [6, 6.07) is 0. The van der Waals surface area contributed by atoms with Gasteiger partial charge in [0, 0.05) is 26.2 Å². The van der Waals surface area contributed by atoms with Crippen LogP contribution >= 0.6 is 0 Å². The SMILES string of the molecule is NC(=NCC1CCC1)NCCCN1CCC(O)CC1. The van der Waals surface area contributed by atoms with Crippen molar-refractivity contribution < 1.29 is 5.11 Å². The summed E-state index contributed by atoms with van der Waals surface area (Å²) in [6.07, 6.45) is 6.82. The van der Waals surface area contributed by atoms with E-state index in [4.69, 9.17) is 5.73 Å². The van der Waals surface area contributed by atoms with E-state index in [9.17, 15) is 5.11 Å². The second kappa shape index (κ2) is 7.70. The quantitative estimate of drug-likeness (QED) is 0.373. The van der Waals surface area contributed by atoms with E-state index in [0.717, 1.165) is 57.9 Å². The van der Waals surface area contributed by atoms with E-state index in [1.807, 2.05) is 0 Å². The van der Waals surface area contributed by atoms with Gasteiger partial charge in [0.1, 0.15) is 0 Å². The molecule has 2 rings (SSSR count). The van der Waals surface area contributed by atoms with Crippen LogP contribution < -0.4 is 11.1 Å². The van der Waals surface area contributed by atoms with Crippen LogP contribution in [0.4, 0.5) is 0 Å². The molecule has 110 valence electrons. The molecule has 1 aliphatic heterocycles. The molecule has 1 heterocycles. The summed E-state index contributed by atoms with van der Waals surface area (Å²) in [7, 11) is 0. The van der Waals surface area contributed by atoms with Crippen molar-refractivity contribution in [2.75, 3.05) is 32.7 Å². The Morgan fingerprint density at radius 3 is 2.63 bits per heavy atom. The largest absolute Gasteiger partial charge is 0.393 e. The lowest BCUT2D eigenvalue weighted by atomic mass is 9.86. The summed E-state index contributed by atoms with van der Waals surface area (Å²) < 4.78 is 0. The first-order chi connectivity index (χ1) is 9.24. The lowest BCUT2D eigenvalue weighted by molar-refractivity contribution is 0.0823. The number of likely N-dealkylation sites (tertiary alicyclic amines) is 1. The summed E-state index contributed by atoms with van der Waals surface area (Å²) in [5, 5.41) is 12.6. The maximum absolute atomic E-state index is 9.43. The number of nitrogens with two attached hydrogens (primary N) is 1. The molecule has 5 nitrogen and oxygen atoms in total. The summed E-state index contributed by atoms with van der Waals surface area (Å²) in [5.41, 5.74) is 5.83. The molecule has 1 aliphatic carbocycles. The first kappa shape index (κ1) is 14.6. The molecule has 1 saturated carbocycles. The standard InChI is InChI=1S/C14H28N4O/c15-14(17-11-12-3-1-4-12)16-7-2-8-18-9-5-13(19)6-10-18/h12-13,19H,1-11H2,(H3,15,16,17). The number of nitrogens with one attached hydrogen (secondary N) is 1. The van der Waals surface area contributed by atoms with Crippen molar-refractivity contribution in [1.82, 2.24) is 10.2 Å². The fraction of sp³-hybridized carbons (Fsp3) is 0.929. The second-order valence-corrected chi connectivity index (χ2v) is 5.88. The maximum Gasteiger partial charge on any atom is 0.188 e. The average molecular weight is 268 g/mol. The van der Waals surface area contributed by atoms with Gasteiger partial charge in [-0.1, -0.05) is 6.42 Å². The van der Waals surface area contributed by atoms with E-state index in [2.05, 4.69) is 15.2 Å². The average Bonchev–Trinajstić information content (AvgIpc) is 2.35. The van der Waals surface area contributed by atoms with Crippen LogP contribution in [-0.2, 0) is 0 Å². The molecular formula is C14H28N4O. The van der Waals surface area contributed by atoms with Crippen molar-refractivity contribution in [1.29, 1.82) is 0 Å². The Kier molecular flexibility index (Phi) is 5.92. The molecule has 0 aromatic rings. The third-order valence-corrected chi connectivity index (χ3v) is 4.26. The molecule has 0 radical (unpaired) electrons. The number of guanidine groups is 1. The monoisotopic (exact) mass is 268 g/mol. The molecule has 0 unspecified atom stereocenters. The van der Waals surface area contributed by atoms with Gasteiger partial charge in [0.2, 0.25) is 0 Å². The Balaban J connectivity index is 1.48. The molecule has 0 bridgehead atoms. The summed E-state index contributed by atoms with van der Waals surface area (Å²) in [4.78, 5) is 6.79. The Hall–Kier alpha value is -0.810. The number of rotatable bonds is 6. The molecule has 5 heteroatoms. The number of aliphatic hydroxyl groups is 1. The number of hydrogen-bond donors (Lipinski definition) is 3. The van der Waals surface area contributed by atoms with E-state index in [1.165, 1.54) is 19.3 Å². The van der Waals surface area contributed by atoms with Gasteiger partial charge in [-0.3, -0.25) is 4.99 Å². The minimum absolute atomic E-state index is 0.0799. The third kappa shape index (κ3) is 5.37. The van der Waals surface area contributed by atoms with Gasteiger partial charge in [0.15, 0.2) is 5.96 Å². The Bertz CT molecular complexity index is 283. The third-order valence-electron chi connectivity index (χ3n) is 4.26. The van der Waals surface area contributed by atoms with Gasteiger partial charge in [0.05, 0.1) is 6.10 Å². The second-order valence-electron chi connectivity index (χ2n) is 5.88. The number of hydrogen-bond acceptors (Lipinski definition) is 3. The highest BCUT2D eigenvalue weighted by Crippen LogP contribution is 2.26. The molecule has 0 spiro atoms. The van der Waals surface area contributed by atoms with Crippen LogP contribution in [0.3, 0.4) is 0 Å². The first-order valence-corrected chi connectivity index (χ1v) is 7.68. The van der Waals surface area contributed by atoms with Gasteiger partial charge in [-0.2, -0.15) is 0 Å². The Morgan fingerprint density at radius 1 is 1.26 bits per heavy atom. The van der Waals surface area contributed by atoms with E-state index in [-0.39, 0.29) is 6.10 Å². The van der Waals surface area contributed by atoms with Gasteiger partial charge in [-0.25, -0.2) is 0 Å².